The Labute approximate surface area is 110 Å². The first-order valence-corrected chi connectivity index (χ1v) is 6.84. The molecule has 2 N–H and O–H groups in total. The standard InChI is InChI=1S/C14H14N2OS/c1-9-7-18-8-12(9)14(17)16-5-4-10-2-3-11(15)6-13(10)16/h2-3,6-8H,4-5,15H2,1H3. The number of fused-ring (bicyclic) bond motifs is 1. The zero-order valence-corrected chi connectivity index (χ0v) is 11.0. The van der Waals surface area contributed by atoms with E-state index in [1.54, 1.807) is 11.3 Å². The maximum absolute atomic E-state index is 12.5. The number of amides is 1. The largest absolute Gasteiger partial charge is 0.399 e. The molecule has 2 aromatic rings. The number of carbonyl (C=O) groups excluding carboxylic acids is 1. The van der Waals surface area contributed by atoms with Gasteiger partial charge < -0.3 is 10.6 Å². The Hall–Kier alpha value is -1.81. The minimum atomic E-state index is 0.0816. The quantitative estimate of drug-likeness (QED) is 0.799. The summed E-state index contributed by atoms with van der Waals surface area (Å²) in [6, 6.07) is 5.79. The highest BCUT2D eigenvalue weighted by molar-refractivity contribution is 7.08. The second-order valence-electron chi connectivity index (χ2n) is 4.56. The molecule has 4 heteroatoms. The van der Waals surface area contributed by atoms with Crippen LogP contribution in [-0.2, 0) is 6.42 Å². The van der Waals surface area contributed by atoms with Crippen molar-refractivity contribution < 1.29 is 4.79 Å². The zero-order chi connectivity index (χ0) is 12.7. The zero-order valence-electron chi connectivity index (χ0n) is 10.1. The summed E-state index contributed by atoms with van der Waals surface area (Å²) in [5, 5.41) is 3.92. The smallest absolute Gasteiger partial charge is 0.259 e. The summed E-state index contributed by atoms with van der Waals surface area (Å²) in [5.74, 6) is 0.0816. The lowest BCUT2D eigenvalue weighted by Gasteiger charge is -2.17. The van der Waals surface area contributed by atoms with Gasteiger partial charge in [0.15, 0.2) is 0 Å². The summed E-state index contributed by atoms with van der Waals surface area (Å²) in [5.41, 5.74) is 10.5. The molecule has 3 nitrogen and oxygen atoms in total. The fraction of sp³-hybridized carbons (Fsp3) is 0.214. The summed E-state index contributed by atoms with van der Waals surface area (Å²) in [7, 11) is 0. The number of benzene rings is 1. The van der Waals surface area contributed by atoms with Crippen molar-refractivity contribution in [2.75, 3.05) is 17.2 Å². The van der Waals surface area contributed by atoms with Crippen LogP contribution in [0.2, 0.25) is 0 Å². The Bertz CT molecular complexity index is 618. The summed E-state index contributed by atoms with van der Waals surface area (Å²) in [6.45, 7) is 2.72. The number of hydrogen-bond donors (Lipinski definition) is 1. The molecule has 1 aliphatic heterocycles. The van der Waals surface area contributed by atoms with Crippen molar-refractivity contribution in [3.05, 3.63) is 45.6 Å². The highest BCUT2D eigenvalue weighted by atomic mass is 32.1. The van der Waals surface area contributed by atoms with E-state index in [-0.39, 0.29) is 5.91 Å². The van der Waals surface area contributed by atoms with E-state index in [2.05, 4.69) is 0 Å². The van der Waals surface area contributed by atoms with Crippen molar-refractivity contribution in [2.24, 2.45) is 0 Å². The van der Waals surface area contributed by atoms with Gasteiger partial charge in [-0.3, -0.25) is 4.79 Å². The number of nitrogens with two attached hydrogens (primary N) is 1. The summed E-state index contributed by atoms with van der Waals surface area (Å²) >= 11 is 1.57. The van der Waals surface area contributed by atoms with Gasteiger partial charge >= 0.3 is 0 Å². The van der Waals surface area contributed by atoms with Crippen LogP contribution in [0, 0.1) is 6.92 Å². The van der Waals surface area contributed by atoms with E-state index in [0.717, 1.165) is 29.8 Å². The van der Waals surface area contributed by atoms with Gasteiger partial charge in [0, 0.05) is 23.3 Å². The van der Waals surface area contributed by atoms with Crippen LogP contribution < -0.4 is 10.6 Å². The summed E-state index contributed by atoms with van der Waals surface area (Å²) in [4.78, 5) is 14.3. The average Bonchev–Trinajstić information content (AvgIpc) is 2.94. The van der Waals surface area contributed by atoms with E-state index in [9.17, 15) is 4.79 Å². The third-order valence-electron chi connectivity index (χ3n) is 3.34. The van der Waals surface area contributed by atoms with Crippen molar-refractivity contribution >= 4 is 28.6 Å². The number of carbonyl (C=O) groups is 1. The first kappa shape index (κ1) is 11.3. The average molecular weight is 258 g/mol. The third-order valence-corrected chi connectivity index (χ3v) is 4.20. The number of hydrogen-bond acceptors (Lipinski definition) is 3. The van der Waals surface area contributed by atoms with Crippen LogP contribution in [0.3, 0.4) is 0 Å². The highest BCUT2D eigenvalue weighted by Gasteiger charge is 2.26. The molecule has 2 heterocycles. The number of anilines is 2. The van der Waals surface area contributed by atoms with Crippen molar-refractivity contribution in [3.63, 3.8) is 0 Å². The number of rotatable bonds is 1. The lowest BCUT2D eigenvalue weighted by molar-refractivity contribution is 0.0989. The predicted octanol–water partition coefficient (Wildman–Crippen LogP) is 2.84. The van der Waals surface area contributed by atoms with Crippen LogP contribution in [0.25, 0.3) is 0 Å². The number of aryl methyl sites for hydroxylation is 1. The van der Waals surface area contributed by atoms with Crippen molar-refractivity contribution in [1.29, 1.82) is 0 Å². The first-order valence-electron chi connectivity index (χ1n) is 5.90. The van der Waals surface area contributed by atoms with E-state index >= 15 is 0 Å². The molecule has 0 unspecified atom stereocenters. The Morgan fingerprint density at radius 3 is 2.94 bits per heavy atom. The molecule has 0 saturated heterocycles. The lowest BCUT2D eigenvalue weighted by atomic mass is 10.1. The molecule has 92 valence electrons. The van der Waals surface area contributed by atoms with Crippen LogP contribution in [0.4, 0.5) is 11.4 Å². The molecule has 1 aliphatic rings. The number of thiophene rings is 1. The molecular formula is C14H14N2OS. The van der Waals surface area contributed by atoms with Crippen molar-refractivity contribution in [3.8, 4) is 0 Å². The van der Waals surface area contributed by atoms with Gasteiger partial charge in [-0.2, -0.15) is 11.3 Å². The Balaban J connectivity index is 2.00. The fourth-order valence-corrected chi connectivity index (χ4v) is 3.15. The molecule has 1 aromatic carbocycles. The van der Waals surface area contributed by atoms with Crippen LogP contribution in [-0.4, -0.2) is 12.5 Å². The van der Waals surface area contributed by atoms with E-state index in [1.807, 2.05) is 40.8 Å². The van der Waals surface area contributed by atoms with Gasteiger partial charge in [0.05, 0.1) is 5.56 Å². The van der Waals surface area contributed by atoms with Gasteiger partial charge in [-0.1, -0.05) is 6.07 Å². The summed E-state index contributed by atoms with van der Waals surface area (Å²) < 4.78 is 0. The molecule has 3 rings (SSSR count). The van der Waals surface area contributed by atoms with Crippen LogP contribution in [0.5, 0.6) is 0 Å². The van der Waals surface area contributed by atoms with E-state index in [4.69, 9.17) is 5.73 Å². The second-order valence-corrected chi connectivity index (χ2v) is 5.31. The fourth-order valence-electron chi connectivity index (χ4n) is 2.33. The molecular weight excluding hydrogens is 244 g/mol. The normalized spacial score (nSPS) is 13.7. The number of nitrogens with zero attached hydrogens (tertiary/aromatic N) is 1. The molecule has 0 atom stereocenters. The van der Waals surface area contributed by atoms with Crippen LogP contribution >= 0.6 is 11.3 Å². The monoisotopic (exact) mass is 258 g/mol. The molecule has 0 fully saturated rings. The van der Waals surface area contributed by atoms with Crippen molar-refractivity contribution in [1.82, 2.24) is 0 Å². The SMILES string of the molecule is Cc1cscc1C(=O)N1CCc2ccc(N)cc21. The number of nitrogen functional groups attached to an aromatic ring is 1. The van der Waals surface area contributed by atoms with Gasteiger partial charge in [-0.15, -0.1) is 0 Å². The van der Waals surface area contributed by atoms with E-state index < -0.39 is 0 Å². The molecule has 1 amide bonds. The lowest BCUT2D eigenvalue weighted by Crippen LogP contribution is -2.29. The predicted molar refractivity (Wildman–Crippen MR) is 75.3 cm³/mol. The Kier molecular flexibility index (Phi) is 2.59. The Morgan fingerprint density at radius 2 is 2.22 bits per heavy atom. The topological polar surface area (TPSA) is 46.3 Å². The molecule has 0 bridgehead atoms. The van der Waals surface area contributed by atoms with Gasteiger partial charge in [0.25, 0.3) is 5.91 Å². The summed E-state index contributed by atoms with van der Waals surface area (Å²) in [6.07, 6.45) is 0.907. The maximum Gasteiger partial charge on any atom is 0.259 e. The molecule has 0 aliphatic carbocycles. The second kappa shape index (κ2) is 4.14. The van der Waals surface area contributed by atoms with Gasteiger partial charge in [0.2, 0.25) is 0 Å². The molecule has 0 saturated carbocycles. The maximum atomic E-state index is 12.5. The minimum Gasteiger partial charge on any atom is -0.399 e. The van der Waals surface area contributed by atoms with Gasteiger partial charge in [-0.25, -0.2) is 0 Å². The highest BCUT2D eigenvalue weighted by Crippen LogP contribution is 2.31. The van der Waals surface area contributed by atoms with Crippen LogP contribution in [0.15, 0.2) is 29.0 Å². The molecule has 18 heavy (non-hydrogen) atoms. The van der Waals surface area contributed by atoms with E-state index in [1.165, 1.54) is 5.56 Å². The first-order chi connectivity index (χ1) is 8.66. The third kappa shape index (κ3) is 1.69. The molecule has 1 aromatic heterocycles. The van der Waals surface area contributed by atoms with E-state index in [0.29, 0.717) is 5.69 Å². The molecule has 0 radical (unpaired) electrons. The Morgan fingerprint density at radius 1 is 1.39 bits per heavy atom. The molecule has 0 spiro atoms. The van der Waals surface area contributed by atoms with Gasteiger partial charge in [0.1, 0.15) is 0 Å². The van der Waals surface area contributed by atoms with Gasteiger partial charge in [-0.05, 0) is 42.0 Å². The van der Waals surface area contributed by atoms with Crippen LogP contribution in [0.1, 0.15) is 21.5 Å². The minimum absolute atomic E-state index is 0.0816. The van der Waals surface area contributed by atoms with Crippen molar-refractivity contribution in [2.45, 2.75) is 13.3 Å².